The van der Waals surface area contributed by atoms with E-state index in [2.05, 4.69) is 16.8 Å². The zero-order chi connectivity index (χ0) is 15.2. The summed E-state index contributed by atoms with van der Waals surface area (Å²) in [5.41, 5.74) is 6.18. The van der Waals surface area contributed by atoms with E-state index in [1.807, 2.05) is 31.2 Å². The van der Waals surface area contributed by atoms with Gasteiger partial charge in [0.25, 0.3) is 5.91 Å². The van der Waals surface area contributed by atoms with Crippen molar-refractivity contribution in [1.29, 1.82) is 5.26 Å². The van der Waals surface area contributed by atoms with Crippen LogP contribution in [0.1, 0.15) is 21.5 Å². The molecule has 0 bridgehead atoms. The highest BCUT2D eigenvalue weighted by Gasteiger charge is 2.11. The SMILES string of the molecule is Cc1ccc(C(=O)Nc2ccc(CC#N)cc2)c(NN)c1. The molecule has 4 N–H and O–H groups in total. The fraction of sp³-hybridized carbons (Fsp3) is 0.125. The lowest BCUT2D eigenvalue weighted by Gasteiger charge is -2.10. The van der Waals surface area contributed by atoms with Gasteiger partial charge in [-0.3, -0.25) is 10.6 Å². The molecule has 0 saturated heterocycles. The summed E-state index contributed by atoms with van der Waals surface area (Å²) >= 11 is 0. The van der Waals surface area contributed by atoms with E-state index in [4.69, 9.17) is 11.1 Å². The Bertz CT molecular complexity index is 686. The van der Waals surface area contributed by atoms with E-state index >= 15 is 0 Å². The normalized spacial score (nSPS) is 9.76. The van der Waals surface area contributed by atoms with E-state index in [9.17, 15) is 4.79 Å². The van der Waals surface area contributed by atoms with Crippen LogP contribution in [0.4, 0.5) is 11.4 Å². The van der Waals surface area contributed by atoms with Crippen LogP contribution in [-0.2, 0) is 6.42 Å². The van der Waals surface area contributed by atoms with Crippen molar-refractivity contribution in [2.24, 2.45) is 5.84 Å². The molecule has 0 aliphatic heterocycles. The van der Waals surface area contributed by atoms with Crippen molar-refractivity contribution < 1.29 is 4.79 Å². The average molecular weight is 280 g/mol. The summed E-state index contributed by atoms with van der Waals surface area (Å²) in [6, 6.07) is 14.6. The number of carbonyl (C=O) groups is 1. The number of anilines is 2. The molecular weight excluding hydrogens is 264 g/mol. The van der Waals surface area contributed by atoms with E-state index < -0.39 is 0 Å². The van der Waals surface area contributed by atoms with Crippen molar-refractivity contribution in [3.05, 3.63) is 59.2 Å². The molecule has 0 spiro atoms. The van der Waals surface area contributed by atoms with Crippen molar-refractivity contribution in [2.45, 2.75) is 13.3 Å². The Kier molecular flexibility index (Phi) is 4.54. The fourth-order valence-corrected chi connectivity index (χ4v) is 1.97. The van der Waals surface area contributed by atoms with Gasteiger partial charge >= 0.3 is 0 Å². The lowest BCUT2D eigenvalue weighted by atomic mass is 10.1. The van der Waals surface area contributed by atoms with Gasteiger partial charge in [0.05, 0.1) is 23.7 Å². The molecule has 0 atom stereocenters. The van der Waals surface area contributed by atoms with Crippen molar-refractivity contribution in [1.82, 2.24) is 0 Å². The second-order valence-electron chi connectivity index (χ2n) is 4.68. The maximum atomic E-state index is 12.3. The number of carbonyl (C=O) groups excluding carboxylic acids is 1. The molecule has 0 saturated carbocycles. The number of hydrogen-bond acceptors (Lipinski definition) is 4. The van der Waals surface area contributed by atoms with Gasteiger partial charge in [-0.05, 0) is 42.3 Å². The Hall–Kier alpha value is -2.84. The predicted molar refractivity (Wildman–Crippen MR) is 82.7 cm³/mol. The zero-order valence-corrected chi connectivity index (χ0v) is 11.7. The van der Waals surface area contributed by atoms with Crippen LogP contribution in [0.2, 0.25) is 0 Å². The Labute approximate surface area is 123 Å². The van der Waals surface area contributed by atoms with Crippen molar-refractivity contribution >= 4 is 17.3 Å². The summed E-state index contributed by atoms with van der Waals surface area (Å²) in [7, 11) is 0. The lowest BCUT2D eigenvalue weighted by Crippen LogP contribution is -2.17. The standard InChI is InChI=1S/C16H16N4O/c1-11-2-7-14(15(10-11)20-18)16(21)19-13-5-3-12(4-6-13)8-9-17/h2-7,10,20H,8,18H2,1H3,(H,19,21). The number of rotatable bonds is 4. The highest BCUT2D eigenvalue weighted by atomic mass is 16.1. The third-order valence-electron chi connectivity index (χ3n) is 3.07. The van der Waals surface area contributed by atoms with Crippen LogP contribution in [0.5, 0.6) is 0 Å². The second-order valence-corrected chi connectivity index (χ2v) is 4.68. The maximum absolute atomic E-state index is 12.3. The first-order chi connectivity index (χ1) is 10.1. The van der Waals surface area contributed by atoms with E-state index in [0.717, 1.165) is 11.1 Å². The monoisotopic (exact) mass is 280 g/mol. The van der Waals surface area contributed by atoms with Crippen LogP contribution in [-0.4, -0.2) is 5.91 Å². The topological polar surface area (TPSA) is 90.9 Å². The number of benzene rings is 2. The van der Waals surface area contributed by atoms with Crippen LogP contribution in [0.25, 0.3) is 0 Å². The van der Waals surface area contributed by atoms with Crippen molar-refractivity contribution in [3.8, 4) is 6.07 Å². The molecule has 0 aliphatic carbocycles. The molecule has 0 aliphatic rings. The number of hydrazine groups is 1. The van der Waals surface area contributed by atoms with Gasteiger partial charge in [-0.2, -0.15) is 5.26 Å². The van der Waals surface area contributed by atoms with Gasteiger partial charge in [0.1, 0.15) is 0 Å². The molecule has 0 aromatic heterocycles. The molecule has 2 aromatic carbocycles. The smallest absolute Gasteiger partial charge is 0.257 e. The van der Waals surface area contributed by atoms with Crippen LogP contribution < -0.4 is 16.6 Å². The summed E-state index contributed by atoms with van der Waals surface area (Å²) in [6.45, 7) is 1.93. The molecule has 21 heavy (non-hydrogen) atoms. The Morgan fingerprint density at radius 1 is 1.24 bits per heavy atom. The average Bonchev–Trinajstić information content (AvgIpc) is 2.49. The number of nitrogens with zero attached hydrogens (tertiary/aromatic N) is 1. The molecule has 2 rings (SSSR count). The zero-order valence-electron chi connectivity index (χ0n) is 11.7. The molecule has 5 nitrogen and oxygen atoms in total. The third kappa shape index (κ3) is 3.59. The van der Waals surface area contributed by atoms with E-state index in [1.165, 1.54) is 0 Å². The minimum Gasteiger partial charge on any atom is -0.323 e. The first-order valence-corrected chi connectivity index (χ1v) is 6.48. The number of amides is 1. The van der Waals surface area contributed by atoms with Crippen LogP contribution >= 0.6 is 0 Å². The third-order valence-corrected chi connectivity index (χ3v) is 3.07. The van der Waals surface area contributed by atoms with Gasteiger partial charge in [0, 0.05) is 5.69 Å². The van der Waals surface area contributed by atoms with E-state index in [0.29, 0.717) is 23.4 Å². The Morgan fingerprint density at radius 2 is 1.95 bits per heavy atom. The lowest BCUT2D eigenvalue weighted by molar-refractivity contribution is 0.102. The predicted octanol–water partition coefficient (Wildman–Crippen LogP) is 2.60. The largest absolute Gasteiger partial charge is 0.323 e. The number of nitrogens with one attached hydrogen (secondary N) is 2. The van der Waals surface area contributed by atoms with Gasteiger partial charge in [-0.1, -0.05) is 18.2 Å². The molecular formula is C16H16N4O. The highest BCUT2D eigenvalue weighted by molar-refractivity contribution is 6.08. The maximum Gasteiger partial charge on any atom is 0.257 e. The van der Waals surface area contributed by atoms with E-state index in [1.54, 1.807) is 18.2 Å². The minimum absolute atomic E-state index is 0.240. The first-order valence-electron chi connectivity index (χ1n) is 6.48. The number of nitrogen functional groups attached to an aromatic ring is 1. The highest BCUT2D eigenvalue weighted by Crippen LogP contribution is 2.18. The first kappa shape index (κ1) is 14.6. The number of aryl methyl sites for hydroxylation is 1. The van der Waals surface area contributed by atoms with Crippen molar-refractivity contribution in [3.63, 3.8) is 0 Å². The van der Waals surface area contributed by atoms with Gasteiger partial charge in [-0.25, -0.2) is 0 Å². The summed E-state index contributed by atoms with van der Waals surface area (Å²) < 4.78 is 0. The molecule has 0 unspecified atom stereocenters. The van der Waals surface area contributed by atoms with Crippen LogP contribution in [0, 0.1) is 18.3 Å². The molecule has 0 heterocycles. The van der Waals surface area contributed by atoms with Crippen molar-refractivity contribution in [2.75, 3.05) is 10.7 Å². The molecule has 0 fully saturated rings. The summed E-state index contributed by atoms with van der Waals surface area (Å²) in [4.78, 5) is 12.3. The molecule has 0 radical (unpaired) electrons. The molecule has 2 aromatic rings. The fourth-order valence-electron chi connectivity index (χ4n) is 1.97. The Morgan fingerprint density at radius 3 is 2.57 bits per heavy atom. The van der Waals surface area contributed by atoms with Gasteiger partial charge < -0.3 is 10.7 Å². The number of nitrogens with two attached hydrogens (primary N) is 1. The molecule has 106 valence electrons. The summed E-state index contributed by atoms with van der Waals surface area (Å²) in [5.74, 6) is 5.20. The minimum atomic E-state index is -0.240. The quantitative estimate of drug-likeness (QED) is 0.593. The van der Waals surface area contributed by atoms with Gasteiger partial charge in [0.2, 0.25) is 0 Å². The summed E-state index contributed by atoms with van der Waals surface area (Å²) in [6.07, 6.45) is 0.355. The number of nitriles is 1. The Balaban J connectivity index is 2.16. The van der Waals surface area contributed by atoms with E-state index in [-0.39, 0.29) is 5.91 Å². The van der Waals surface area contributed by atoms with Gasteiger partial charge in [-0.15, -0.1) is 0 Å². The van der Waals surface area contributed by atoms with Crippen LogP contribution in [0.3, 0.4) is 0 Å². The van der Waals surface area contributed by atoms with Crippen LogP contribution in [0.15, 0.2) is 42.5 Å². The number of hydrogen-bond donors (Lipinski definition) is 3. The van der Waals surface area contributed by atoms with Gasteiger partial charge in [0.15, 0.2) is 0 Å². The second kappa shape index (κ2) is 6.55. The summed E-state index contributed by atoms with van der Waals surface area (Å²) in [5, 5.41) is 11.4. The molecule has 1 amide bonds. The molecule has 5 heteroatoms.